The second-order valence-electron chi connectivity index (χ2n) is 3.45. The van der Waals surface area contributed by atoms with Gasteiger partial charge in [-0.2, -0.15) is 0 Å². The fourth-order valence-corrected chi connectivity index (χ4v) is 1.26. The summed E-state index contributed by atoms with van der Waals surface area (Å²) in [6, 6.07) is 1.74. The number of aliphatic hydroxyl groups is 1. The number of hydrogen-bond acceptors (Lipinski definition) is 5. The van der Waals surface area contributed by atoms with E-state index < -0.39 is 0 Å². The molecule has 0 unspecified atom stereocenters. The third-order valence-electron chi connectivity index (χ3n) is 2.16. The van der Waals surface area contributed by atoms with Crippen LogP contribution in [0, 0.1) is 0 Å². The van der Waals surface area contributed by atoms with E-state index in [9.17, 15) is 0 Å². The zero-order chi connectivity index (χ0) is 12.3. The number of aromatic nitrogens is 1. The van der Waals surface area contributed by atoms with Crippen molar-refractivity contribution in [1.29, 1.82) is 0 Å². The summed E-state index contributed by atoms with van der Waals surface area (Å²) in [5.41, 5.74) is 0.750. The molecular formula is C12H19NO4. The first-order chi connectivity index (χ1) is 8.38. The summed E-state index contributed by atoms with van der Waals surface area (Å²) in [5, 5.41) is 9.07. The van der Waals surface area contributed by atoms with Gasteiger partial charge >= 0.3 is 0 Å². The van der Waals surface area contributed by atoms with Gasteiger partial charge in [0.2, 0.25) is 0 Å². The lowest BCUT2D eigenvalue weighted by molar-refractivity contribution is 0.0643. The highest BCUT2D eigenvalue weighted by Crippen LogP contribution is 2.15. The summed E-state index contributed by atoms with van der Waals surface area (Å²) >= 11 is 0. The number of hydrogen-bond donors (Lipinski definition) is 1. The Kier molecular flexibility index (Phi) is 7.29. The van der Waals surface area contributed by atoms with Gasteiger partial charge in [0, 0.05) is 31.9 Å². The van der Waals surface area contributed by atoms with Crippen LogP contribution in [0.3, 0.4) is 0 Å². The van der Waals surface area contributed by atoms with E-state index in [0.29, 0.717) is 32.2 Å². The molecule has 17 heavy (non-hydrogen) atoms. The van der Waals surface area contributed by atoms with Gasteiger partial charge in [0.15, 0.2) is 0 Å². The molecule has 5 nitrogen and oxygen atoms in total. The molecule has 0 radical (unpaired) electrons. The molecular weight excluding hydrogens is 222 g/mol. The molecule has 0 aliphatic rings. The lowest BCUT2D eigenvalue weighted by Crippen LogP contribution is -2.07. The molecule has 0 fully saturated rings. The van der Waals surface area contributed by atoms with Crippen LogP contribution in [0.25, 0.3) is 0 Å². The second-order valence-corrected chi connectivity index (χ2v) is 3.45. The zero-order valence-electron chi connectivity index (χ0n) is 10.1. The molecule has 0 spiro atoms. The summed E-state index contributed by atoms with van der Waals surface area (Å²) in [6.45, 7) is 2.36. The summed E-state index contributed by atoms with van der Waals surface area (Å²) in [5.74, 6) is 0.631. The molecule has 0 aromatic carbocycles. The minimum atomic E-state index is -0.0395. The van der Waals surface area contributed by atoms with Gasteiger partial charge in [0.05, 0.1) is 32.6 Å². The average molecular weight is 241 g/mol. The molecule has 0 amide bonds. The van der Waals surface area contributed by atoms with Gasteiger partial charge in [0.25, 0.3) is 0 Å². The highest BCUT2D eigenvalue weighted by molar-refractivity contribution is 5.28. The minimum absolute atomic E-state index is 0.0395. The fraction of sp³-hybridized carbons (Fsp3) is 0.583. The van der Waals surface area contributed by atoms with Crippen molar-refractivity contribution in [2.75, 3.05) is 33.5 Å². The van der Waals surface area contributed by atoms with Crippen LogP contribution in [-0.2, 0) is 16.1 Å². The molecule has 0 bridgehead atoms. The molecule has 1 N–H and O–H groups in total. The van der Waals surface area contributed by atoms with Crippen LogP contribution in [0.15, 0.2) is 18.5 Å². The molecule has 5 heteroatoms. The molecule has 1 aromatic heterocycles. The van der Waals surface area contributed by atoms with E-state index in [0.717, 1.165) is 12.0 Å². The van der Waals surface area contributed by atoms with E-state index in [-0.39, 0.29) is 6.61 Å². The first kappa shape index (κ1) is 13.9. The van der Waals surface area contributed by atoms with Gasteiger partial charge in [-0.25, -0.2) is 0 Å². The van der Waals surface area contributed by atoms with Gasteiger partial charge in [-0.1, -0.05) is 0 Å². The molecule has 0 aliphatic carbocycles. The van der Waals surface area contributed by atoms with E-state index in [1.165, 1.54) is 0 Å². The van der Waals surface area contributed by atoms with Crippen molar-refractivity contribution < 1.29 is 19.3 Å². The summed E-state index contributed by atoms with van der Waals surface area (Å²) < 4.78 is 15.7. The van der Waals surface area contributed by atoms with E-state index in [1.807, 2.05) is 0 Å². The van der Waals surface area contributed by atoms with Gasteiger partial charge < -0.3 is 19.3 Å². The van der Waals surface area contributed by atoms with Gasteiger partial charge in [-0.3, -0.25) is 4.98 Å². The number of rotatable bonds is 9. The molecule has 0 saturated heterocycles. The van der Waals surface area contributed by atoms with Crippen molar-refractivity contribution in [3.8, 4) is 5.75 Å². The van der Waals surface area contributed by atoms with Crippen molar-refractivity contribution in [2.24, 2.45) is 0 Å². The molecule has 1 heterocycles. The van der Waals surface area contributed by atoms with Crippen LogP contribution in [0.4, 0.5) is 0 Å². The van der Waals surface area contributed by atoms with E-state index in [2.05, 4.69) is 4.98 Å². The van der Waals surface area contributed by atoms with Crippen molar-refractivity contribution in [2.45, 2.75) is 13.0 Å². The molecule has 1 rings (SSSR count). The number of pyridine rings is 1. The SMILES string of the molecule is COCCOCCCOc1cnccc1CO. The van der Waals surface area contributed by atoms with Crippen molar-refractivity contribution in [3.05, 3.63) is 24.0 Å². The van der Waals surface area contributed by atoms with Crippen molar-refractivity contribution in [3.63, 3.8) is 0 Å². The predicted molar refractivity (Wildman–Crippen MR) is 63.0 cm³/mol. The Morgan fingerprint density at radius 3 is 2.88 bits per heavy atom. The Morgan fingerprint density at radius 2 is 2.12 bits per heavy atom. The standard InChI is InChI=1S/C12H19NO4/c1-15-7-8-16-5-2-6-17-12-9-13-4-3-11(12)10-14/h3-4,9,14H,2,5-8,10H2,1H3. The Morgan fingerprint density at radius 1 is 1.24 bits per heavy atom. The second kappa shape index (κ2) is 8.92. The van der Waals surface area contributed by atoms with Crippen LogP contribution < -0.4 is 4.74 Å². The number of aliphatic hydroxyl groups excluding tert-OH is 1. The van der Waals surface area contributed by atoms with Crippen molar-refractivity contribution >= 4 is 0 Å². The number of ether oxygens (including phenoxy) is 3. The Bertz CT molecular complexity index is 306. The smallest absolute Gasteiger partial charge is 0.143 e. The Labute approximate surface area is 101 Å². The maximum absolute atomic E-state index is 9.07. The lowest BCUT2D eigenvalue weighted by atomic mass is 10.2. The Hall–Kier alpha value is -1.17. The maximum Gasteiger partial charge on any atom is 0.143 e. The molecule has 0 atom stereocenters. The third-order valence-corrected chi connectivity index (χ3v) is 2.16. The first-order valence-corrected chi connectivity index (χ1v) is 5.61. The molecule has 96 valence electrons. The molecule has 0 saturated carbocycles. The van der Waals surface area contributed by atoms with Gasteiger partial charge in [0.1, 0.15) is 5.75 Å². The van der Waals surface area contributed by atoms with Crippen LogP contribution in [0.5, 0.6) is 5.75 Å². The van der Waals surface area contributed by atoms with Crippen molar-refractivity contribution in [1.82, 2.24) is 4.98 Å². The Balaban J connectivity index is 2.13. The normalized spacial score (nSPS) is 10.5. The van der Waals surface area contributed by atoms with E-state index in [1.54, 1.807) is 25.6 Å². The van der Waals surface area contributed by atoms with E-state index >= 15 is 0 Å². The molecule has 1 aromatic rings. The average Bonchev–Trinajstić information content (AvgIpc) is 2.38. The monoisotopic (exact) mass is 241 g/mol. The summed E-state index contributed by atoms with van der Waals surface area (Å²) in [7, 11) is 1.64. The first-order valence-electron chi connectivity index (χ1n) is 5.61. The number of nitrogens with zero attached hydrogens (tertiary/aromatic N) is 1. The van der Waals surface area contributed by atoms with Crippen LogP contribution in [-0.4, -0.2) is 43.6 Å². The largest absolute Gasteiger partial charge is 0.492 e. The van der Waals surface area contributed by atoms with Gasteiger partial charge in [-0.05, 0) is 6.07 Å². The van der Waals surface area contributed by atoms with Gasteiger partial charge in [-0.15, -0.1) is 0 Å². The minimum Gasteiger partial charge on any atom is -0.492 e. The predicted octanol–water partition coefficient (Wildman–Crippen LogP) is 1.01. The highest BCUT2D eigenvalue weighted by Gasteiger charge is 2.01. The third kappa shape index (κ3) is 5.63. The van der Waals surface area contributed by atoms with Crippen LogP contribution >= 0.6 is 0 Å². The maximum atomic E-state index is 9.07. The summed E-state index contributed by atoms with van der Waals surface area (Å²) in [4.78, 5) is 3.95. The van der Waals surface area contributed by atoms with Crippen LogP contribution in [0.2, 0.25) is 0 Å². The van der Waals surface area contributed by atoms with Crippen LogP contribution in [0.1, 0.15) is 12.0 Å². The highest BCUT2D eigenvalue weighted by atomic mass is 16.5. The fourth-order valence-electron chi connectivity index (χ4n) is 1.26. The van der Waals surface area contributed by atoms with E-state index in [4.69, 9.17) is 19.3 Å². The number of methoxy groups -OCH3 is 1. The molecule has 0 aliphatic heterocycles. The lowest BCUT2D eigenvalue weighted by Gasteiger charge is -2.09. The zero-order valence-corrected chi connectivity index (χ0v) is 10.1. The summed E-state index contributed by atoms with van der Waals surface area (Å²) in [6.07, 6.45) is 4.03. The quantitative estimate of drug-likeness (QED) is 0.654. The topological polar surface area (TPSA) is 60.8 Å².